The molecule has 0 spiro atoms. The lowest BCUT2D eigenvalue weighted by Gasteiger charge is -2.29. The average Bonchev–Trinajstić information content (AvgIpc) is 2.51. The first-order valence-electron chi connectivity index (χ1n) is 8.68. The molecule has 22 heavy (non-hydrogen) atoms. The molecule has 0 aromatic heterocycles. The Hall–Kier alpha value is -0.990. The van der Waals surface area contributed by atoms with Gasteiger partial charge in [0.15, 0.2) is 11.6 Å². The molecule has 0 saturated heterocycles. The molecule has 0 nitrogen and oxygen atoms in total. The Bertz CT molecular complexity index is 488. The van der Waals surface area contributed by atoms with Gasteiger partial charge in [-0.2, -0.15) is 0 Å². The summed E-state index contributed by atoms with van der Waals surface area (Å²) in [6, 6.07) is 1.13. The van der Waals surface area contributed by atoms with Crippen molar-refractivity contribution in [3.05, 3.63) is 34.6 Å². The minimum atomic E-state index is -0.969. The highest BCUT2D eigenvalue weighted by Crippen LogP contribution is 2.40. The second-order valence-corrected chi connectivity index (χ2v) is 6.78. The summed E-state index contributed by atoms with van der Waals surface area (Å²) in [7, 11) is 0. The highest BCUT2D eigenvalue weighted by molar-refractivity contribution is 5.30. The molecule has 0 amide bonds. The molecule has 1 aromatic rings. The van der Waals surface area contributed by atoms with Crippen LogP contribution < -0.4 is 0 Å². The minimum absolute atomic E-state index is 0.0208. The topological polar surface area (TPSA) is 0 Å². The second kappa shape index (κ2) is 8.03. The van der Waals surface area contributed by atoms with Gasteiger partial charge >= 0.3 is 0 Å². The molecular weight excluding hydrogens is 285 g/mol. The van der Waals surface area contributed by atoms with Gasteiger partial charge in [-0.15, -0.1) is 0 Å². The number of hydrogen-bond acceptors (Lipinski definition) is 0. The predicted molar refractivity (Wildman–Crippen MR) is 84.5 cm³/mol. The maximum Gasteiger partial charge on any atom is 0.165 e. The van der Waals surface area contributed by atoms with Gasteiger partial charge in [-0.05, 0) is 56.1 Å². The molecule has 1 saturated carbocycles. The molecule has 3 heteroatoms. The zero-order valence-corrected chi connectivity index (χ0v) is 13.7. The van der Waals surface area contributed by atoms with E-state index in [1.807, 2.05) is 0 Å². The third-order valence-corrected chi connectivity index (χ3v) is 5.10. The maximum absolute atomic E-state index is 14.1. The van der Waals surface area contributed by atoms with Gasteiger partial charge in [-0.1, -0.05) is 39.0 Å². The molecular formula is C19H27F3. The van der Waals surface area contributed by atoms with E-state index in [1.54, 1.807) is 0 Å². The minimum Gasteiger partial charge on any atom is -0.207 e. The van der Waals surface area contributed by atoms with Gasteiger partial charge in [0.2, 0.25) is 0 Å². The summed E-state index contributed by atoms with van der Waals surface area (Å²) in [6.07, 6.45) is 9.84. The summed E-state index contributed by atoms with van der Waals surface area (Å²) >= 11 is 0. The summed E-state index contributed by atoms with van der Waals surface area (Å²) in [5, 5.41) is 0. The van der Waals surface area contributed by atoms with Crippen molar-refractivity contribution in [2.45, 2.75) is 77.6 Å². The van der Waals surface area contributed by atoms with E-state index in [0.29, 0.717) is 5.92 Å². The lowest BCUT2D eigenvalue weighted by Crippen LogP contribution is -2.16. The number of hydrogen-bond donors (Lipinski definition) is 0. The van der Waals surface area contributed by atoms with E-state index in [4.69, 9.17) is 0 Å². The number of benzene rings is 1. The van der Waals surface area contributed by atoms with Crippen LogP contribution in [0.3, 0.4) is 0 Å². The largest absolute Gasteiger partial charge is 0.207 e. The molecule has 2 rings (SSSR count). The van der Waals surface area contributed by atoms with Crippen LogP contribution in [-0.4, -0.2) is 0 Å². The molecule has 0 unspecified atom stereocenters. The Kier molecular flexibility index (Phi) is 6.34. The molecule has 124 valence electrons. The van der Waals surface area contributed by atoms with E-state index in [2.05, 4.69) is 6.92 Å². The van der Waals surface area contributed by atoms with Crippen LogP contribution in [0.4, 0.5) is 13.2 Å². The summed E-state index contributed by atoms with van der Waals surface area (Å²) in [5.74, 6) is -1.93. The zero-order chi connectivity index (χ0) is 16.1. The Morgan fingerprint density at radius 2 is 1.64 bits per heavy atom. The van der Waals surface area contributed by atoms with Crippen molar-refractivity contribution in [2.75, 3.05) is 0 Å². The van der Waals surface area contributed by atoms with E-state index >= 15 is 0 Å². The first-order chi connectivity index (χ1) is 10.5. The molecule has 0 atom stereocenters. The molecule has 0 N–H and O–H groups in total. The summed E-state index contributed by atoms with van der Waals surface area (Å²) < 4.78 is 41.8. The molecule has 1 fully saturated rings. The van der Waals surface area contributed by atoms with E-state index in [0.717, 1.165) is 31.7 Å². The van der Waals surface area contributed by atoms with Crippen LogP contribution in [0.2, 0.25) is 0 Å². The zero-order valence-electron chi connectivity index (χ0n) is 13.7. The van der Waals surface area contributed by atoms with Crippen LogP contribution in [0.5, 0.6) is 0 Å². The molecule has 1 aliphatic carbocycles. The van der Waals surface area contributed by atoms with E-state index in [9.17, 15) is 13.2 Å². The summed E-state index contributed by atoms with van der Waals surface area (Å²) in [6.45, 7) is 3.60. The molecule has 0 aliphatic heterocycles. The second-order valence-electron chi connectivity index (χ2n) is 6.78. The Morgan fingerprint density at radius 3 is 2.27 bits per heavy atom. The third-order valence-electron chi connectivity index (χ3n) is 5.10. The van der Waals surface area contributed by atoms with Crippen molar-refractivity contribution < 1.29 is 13.2 Å². The summed E-state index contributed by atoms with van der Waals surface area (Å²) in [5.41, 5.74) is 0.0240. The van der Waals surface area contributed by atoms with Crippen LogP contribution in [0.15, 0.2) is 6.07 Å². The smallest absolute Gasteiger partial charge is 0.165 e. The number of unbranched alkanes of at least 4 members (excludes halogenated alkanes) is 3. The highest BCUT2D eigenvalue weighted by atomic mass is 19.2. The Morgan fingerprint density at radius 1 is 0.955 bits per heavy atom. The van der Waals surface area contributed by atoms with Gasteiger partial charge in [-0.25, -0.2) is 13.2 Å². The normalized spacial score (nSPS) is 22.0. The number of rotatable bonds is 6. The molecule has 1 aliphatic rings. The van der Waals surface area contributed by atoms with Crippen LogP contribution in [0.25, 0.3) is 0 Å². The average molecular weight is 312 g/mol. The van der Waals surface area contributed by atoms with Gasteiger partial charge in [0.25, 0.3) is 0 Å². The SMILES string of the molecule is CCCCCC[C@H]1CC[C@H](c2c(F)cc(C)c(F)c2F)CC1. The van der Waals surface area contributed by atoms with Gasteiger partial charge in [0, 0.05) is 5.56 Å². The Labute approximate surface area is 132 Å². The van der Waals surface area contributed by atoms with E-state index in [-0.39, 0.29) is 17.0 Å². The maximum atomic E-state index is 14.1. The van der Waals surface area contributed by atoms with Crippen LogP contribution in [0.1, 0.15) is 81.8 Å². The monoisotopic (exact) mass is 312 g/mol. The van der Waals surface area contributed by atoms with Crippen molar-refractivity contribution in [3.8, 4) is 0 Å². The lowest BCUT2D eigenvalue weighted by molar-refractivity contribution is 0.292. The van der Waals surface area contributed by atoms with Gasteiger partial charge < -0.3 is 0 Å². The summed E-state index contributed by atoms with van der Waals surface area (Å²) in [4.78, 5) is 0. The van der Waals surface area contributed by atoms with Gasteiger partial charge in [0.1, 0.15) is 5.82 Å². The fraction of sp³-hybridized carbons (Fsp3) is 0.684. The molecule has 0 heterocycles. The van der Waals surface area contributed by atoms with Crippen LogP contribution in [-0.2, 0) is 0 Å². The van der Waals surface area contributed by atoms with Crippen molar-refractivity contribution in [1.82, 2.24) is 0 Å². The number of halogens is 3. The van der Waals surface area contributed by atoms with Gasteiger partial charge in [0.05, 0.1) is 0 Å². The molecule has 0 radical (unpaired) electrons. The molecule has 0 bridgehead atoms. The van der Waals surface area contributed by atoms with Crippen LogP contribution in [0, 0.1) is 30.3 Å². The van der Waals surface area contributed by atoms with Crippen molar-refractivity contribution in [3.63, 3.8) is 0 Å². The molecule has 1 aromatic carbocycles. The van der Waals surface area contributed by atoms with Crippen molar-refractivity contribution in [2.24, 2.45) is 5.92 Å². The van der Waals surface area contributed by atoms with E-state index in [1.165, 1.54) is 39.0 Å². The predicted octanol–water partition coefficient (Wildman–Crippen LogP) is 6.66. The Balaban J connectivity index is 1.93. The fourth-order valence-corrected chi connectivity index (χ4v) is 3.70. The third kappa shape index (κ3) is 4.05. The van der Waals surface area contributed by atoms with E-state index < -0.39 is 17.5 Å². The van der Waals surface area contributed by atoms with Crippen molar-refractivity contribution in [1.29, 1.82) is 0 Å². The lowest BCUT2D eigenvalue weighted by atomic mass is 9.76. The van der Waals surface area contributed by atoms with Crippen LogP contribution >= 0.6 is 0 Å². The first kappa shape index (κ1) is 17.4. The standard InChI is InChI=1S/C19H27F3/c1-3-4-5-6-7-14-8-10-15(11-9-14)17-16(20)12-13(2)18(21)19(17)22/h12,14-15H,3-11H2,1-2H3/t14-,15-. The van der Waals surface area contributed by atoms with Gasteiger partial charge in [-0.3, -0.25) is 0 Å². The quantitative estimate of drug-likeness (QED) is 0.407. The highest BCUT2D eigenvalue weighted by Gasteiger charge is 2.28. The first-order valence-corrected chi connectivity index (χ1v) is 8.68. The van der Waals surface area contributed by atoms with Crippen molar-refractivity contribution >= 4 is 0 Å². The number of aryl methyl sites for hydroxylation is 1. The fourth-order valence-electron chi connectivity index (χ4n) is 3.70.